The van der Waals surface area contributed by atoms with Crippen molar-refractivity contribution in [3.8, 4) is 17.4 Å². The normalized spacial score (nSPS) is 18.5. The maximum absolute atomic E-state index is 12.9. The van der Waals surface area contributed by atoms with Crippen molar-refractivity contribution in [3.63, 3.8) is 0 Å². The molecule has 0 amide bonds. The first-order chi connectivity index (χ1) is 17.8. The van der Waals surface area contributed by atoms with Crippen molar-refractivity contribution in [2.24, 2.45) is 0 Å². The Balaban J connectivity index is 1.25. The highest BCUT2D eigenvalue weighted by Gasteiger charge is 2.35. The van der Waals surface area contributed by atoms with E-state index in [0.29, 0.717) is 43.8 Å². The van der Waals surface area contributed by atoms with Crippen LogP contribution in [0.2, 0.25) is 0 Å². The molecule has 0 aliphatic carbocycles. The molecule has 2 aliphatic heterocycles. The molecule has 8 heteroatoms. The van der Waals surface area contributed by atoms with Crippen LogP contribution in [0.25, 0.3) is 5.57 Å². The van der Waals surface area contributed by atoms with Crippen LogP contribution in [0.3, 0.4) is 0 Å². The number of piperidine rings is 1. The van der Waals surface area contributed by atoms with E-state index in [2.05, 4.69) is 16.0 Å². The number of nitrogens with zero attached hydrogens (tertiary/aromatic N) is 2. The fourth-order valence-corrected chi connectivity index (χ4v) is 5.12. The molecule has 5 nitrogen and oxygen atoms in total. The lowest BCUT2D eigenvalue weighted by atomic mass is 9.84. The number of hydrogen-bond donors (Lipinski definition) is 1. The minimum atomic E-state index is -4.38. The van der Waals surface area contributed by atoms with Crippen LogP contribution < -0.4 is 9.47 Å². The fraction of sp³-hybridized carbons (Fsp3) is 0.345. The lowest BCUT2D eigenvalue weighted by Crippen LogP contribution is -2.42. The van der Waals surface area contributed by atoms with E-state index >= 15 is 0 Å². The number of hydrogen-bond acceptors (Lipinski definition) is 5. The van der Waals surface area contributed by atoms with Crippen LogP contribution in [0.1, 0.15) is 41.5 Å². The summed E-state index contributed by atoms with van der Waals surface area (Å²) in [6.07, 6.45) is 1.94. The highest BCUT2D eigenvalue weighted by molar-refractivity contribution is 5.74. The van der Waals surface area contributed by atoms with E-state index < -0.39 is 17.3 Å². The molecule has 1 aromatic heterocycles. The average molecular weight is 511 g/mol. The van der Waals surface area contributed by atoms with Gasteiger partial charge in [-0.1, -0.05) is 24.3 Å². The number of aromatic nitrogens is 1. The summed E-state index contributed by atoms with van der Waals surface area (Å²) < 4.78 is 50.4. The molecule has 0 saturated carbocycles. The van der Waals surface area contributed by atoms with E-state index in [9.17, 15) is 18.3 Å². The first kappa shape index (κ1) is 25.3. The van der Waals surface area contributed by atoms with Crippen molar-refractivity contribution in [1.82, 2.24) is 9.88 Å². The molecule has 37 heavy (non-hydrogen) atoms. The van der Waals surface area contributed by atoms with E-state index in [-0.39, 0.29) is 0 Å². The number of aliphatic hydroxyl groups is 1. The van der Waals surface area contributed by atoms with Crippen LogP contribution in [0.15, 0.2) is 66.9 Å². The van der Waals surface area contributed by atoms with Crippen molar-refractivity contribution in [3.05, 3.63) is 89.1 Å². The van der Waals surface area contributed by atoms with Gasteiger partial charge in [0.2, 0.25) is 5.88 Å². The summed E-state index contributed by atoms with van der Waals surface area (Å²) in [4.78, 5) is 6.72. The Morgan fingerprint density at radius 2 is 1.84 bits per heavy atom. The van der Waals surface area contributed by atoms with E-state index in [4.69, 9.17) is 9.47 Å². The van der Waals surface area contributed by atoms with E-state index in [1.807, 2.05) is 30.3 Å². The van der Waals surface area contributed by atoms with Crippen LogP contribution >= 0.6 is 0 Å². The minimum Gasteiger partial charge on any atom is -0.496 e. The zero-order chi connectivity index (χ0) is 26.0. The van der Waals surface area contributed by atoms with Crippen LogP contribution in [0, 0.1) is 0 Å². The van der Waals surface area contributed by atoms with Crippen molar-refractivity contribution < 1.29 is 27.8 Å². The van der Waals surface area contributed by atoms with Gasteiger partial charge in [-0.25, -0.2) is 4.98 Å². The number of benzene rings is 2. The molecule has 0 bridgehead atoms. The Kier molecular flexibility index (Phi) is 6.96. The summed E-state index contributed by atoms with van der Waals surface area (Å²) in [6.45, 7) is 2.14. The number of halogens is 3. The third kappa shape index (κ3) is 5.36. The number of ether oxygens (including phenoxy) is 2. The molecule has 1 N–H and O–H groups in total. The largest absolute Gasteiger partial charge is 0.496 e. The molecule has 2 aliphatic rings. The number of alkyl halides is 3. The average Bonchev–Trinajstić information content (AvgIpc) is 3.06. The molecule has 1 fully saturated rings. The Bertz CT molecular complexity index is 1280. The second-order valence-electron chi connectivity index (χ2n) is 9.54. The monoisotopic (exact) mass is 510 g/mol. The SMILES string of the molecule is COc1cccc2c1CC(=CCCN1CCC(O)(c3ccc(C(F)(F)F)cc3)CC1)c1cccnc1O2. The van der Waals surface area contributed by atoms with Crippen molar-refractivity contribution in [1.29, 1.82) is 0 Å². The maximum Gasteiger partial charge on any atom is 0.416 e. The molecule has 0 unspecified atom stereocenters. The molecule has 2 aromatic carbocycles. The Morgan fingerprint density at radius 1 is 1.08 bits per heavy atom. The summed E-state index contributed by atoms with van der Waals surface area (Å²) in [5, 5.41) is 11.1. The van der Waals surface area contributed by atoms with Gasteiger partial charge in [-0.05, 0) is 66.8 Å². The van der Waals surface area contributed by atoms with Gasteiger partial charge in [-0.2, -0.15) is 13.2 Å². The molecule has 0 radical (unpaired) electrons. The predicted octanol–water partition coefficient (Wildman–Crippen LogP) is 6.21. The summed E-state index contributed by atoms with van der Waals surface area (Å²) in [5.41, 5.74) is 1.78. The second-order valence-corrected chi connectivity index (χ2v) is 9.54. The van der Waals surface area contributed by atoms with E-state index in [1.54, 1.807) is 13.3 Å². The minimum absolute atomic E-state index is 0.472. The molecule has 3 heterocycles. The van der Waals surface area contributed by atoms with Gasteiger partial charge in [0.1, 0.15) is 11.5 Å². The predicted molar refractivity (Wildman–Crippen MR) is 135 cm³/mol. The van der Waals surface area contributed by atoms with Gasteiger partial charge in [-0.3, -0.25) is 0 Å². The fourth-order valence-electron chi connectivity index (χ4n) is 5.12. The maximum atomic E-state index is 12.9. The van der Waals surface area contributed by atoms with Crippen LogP contribution in [0.5, 0.6) is 17.4 Å². The van der Waals surface area contributed by atoms with E-state index in [1.165, 1.54) is 12.1 Å². The number of fused-ring (bicyclic) bond motifs is 2. The molecule has 3 aromatic rings. The van der Waals surface area contributed by atoms with E-state index in [0.717, 1.165) is 53.3 Å². The van der Waals surface area contributed by atoms with Crippen molar-refractivity contribution in [2.45, 2.75) is 37.5 Å². The highest BCUT2D eigenvalue weighted by atomic mass is 19.4. The topological polar surface area (TPSA) is 54.8 Å². The van der Waals surface area contributed by atoms with Gasteiger partial charge in [-0.15, -0.1) is 0 Å². The van der Waals surface area contributed by atoms with Gasteiger partial charge in [0, 0.05) is 43.4 Å². The lowest BCUT2D eigenvalue weighted by Gasteiger charge is -2.38. The molecule has 1 saturated heterocycles. The Morgan fingerprint density at radius 3 is 2.54 bits per heavy atom. The van der Waals surface area contributed by atoms with Crippen molar-refractivity contribution in [2.75, 3.05) is 26.7 Å². The Labute approximate surface area is 214 Å². The zero-order valence-corrected chi connectivity index (χ0v) is 20.6. The zero-order valence-electron chi connectivity index (χ0n) is 20.6. The Hall–Kier alpha value is -3.36. The first-order valence-corrected chi connectivity index (χ1v) is 12.4. The number of methoxy groups -OCH3 is 1. The molecule has 0 atom stereocenters. The number of allylic oxidation sites excluding steroid dienone is 1. The van der Waals surface area contributed by atoms with Gasteiger partial charge < -0.3 is 19.5 Å². The highest BCUT2D eigenvalue weighted by Crippen LogP contribution is 2.41. The van der Waals surface area contributed by atoms with Crippen molar-refractivity contribution >= 4 is 5.57 Å². The van der Waals surface area contributed by atoms with Crippen LogP contribution in [-0.2, 0) is 18.2 Å². The third-order valence-electron chi connectivity index (χ3n) is 7.27. The number of likely N-dealkylation sites (tertiary alicyclic amines) is 1. The molecule has 194 valence electrons. The van der Waals surface area contributed by atoms with Gasteiger partial charge in [0.15, 0.2) is 0 Å². The number of rotatable bonds is 5. The summed E-state index contributed by atoms with van der Waals surface area (Å²) >= 11 is 0. The quantitative estimate of drug-likeness (QED) is 0.442. The third-order valence-corrected chi connectivity index (χ3v) is 7.27. The molecule has 5 rings (SSSR count). The standard InChI is InChI=1S/C29H29F3N2O3/c1-36-25-7-2-8-26-24(25)19-20(23-6-3-15-33-27(23)37-26)5-4-16-34-17-13-28(35,14-18-34)21-9-11-22(12-10-21)29(30,31)32/h2-3,5-12,15,35H,4,13-14,16-19H2,1H3. The second kappa shape index (κ2) is 10.2. The lowest BCUT2D eigenvalue weighted by molar-refractivity contribution is -0.137. The molecular formula is C29H29F3N2O3. The number of pyridine rings is 1. The smallest absolute Gasteiger partial charge is 0.416 e. The van der Waals surface area contributed by atoms with Gasteiger partial charge in [0.25, 0.3) is 0 Å². The van der Waals surface area contributed by atoms with Crippen LogP contribution in [-0.4, -0.2) is 41.7 Å². The van der Waals surface area contributed by atoms with Gasteiger partial charge >= 0.3 is 6.18 Å². The summed E-state index contributed by atoms with van der Waals surface area (Å²) in [5.74, 6) is 2.08. The molecular weight excluding hydrogens is 481 g/mol. The summed E-state index contributed by atoms with van der Waals surface area (Å²) in [6, 6.07) is 14.5. The first-order valence-electron chi connectivity index (χ1n) is 12.4. The van der Waals surface area contributed by atoms with Gasteiger partial charge in [0.05, 0.1) is 18.3 Å². The van der Waals surface area contributed by atoms with Crippen LogP contribution in [0.4, 0.5) is 13.2 Å². The summed E-state index contributed by atoms with van der Waals surface area (Å²) in [7, 11) is 1.65. The molecule has 0 spiro atoms.